The zero-order valence-corrected chi connectivity index (χ0v) is 9.58. The molecular weight excluding hydrogens is 222 g/mol. The molecule has 0 aliphatic carbocycles. The van der Waals surface area contributed by atoms with Crippen molar-refractivity contribution in [2.45, 2.75) is 6.04 Å². The molecule has 0 radical (unpaired) electrons. The van der Waals surface area contributed by atoms with Crippen molar-refractivity contribution in [3.05, 3.63) is 54.6 Å². The van der Waals surface area contributed by atoms with Gasteiger partial charge in [-0.15, -0.1) is 19.0 Å². The average Bonchev–Trinajstić information content (AvgIpc) is 2.27. The van der Waals surface area contributed by atoms with Gasteiger partial charge < -0.3 is 10.8 Å². The number of phenolic OH excluding ortho intramolecular Hbond substituents is 1. The minimum atomic E-state index is -0.136. The zero-order valence-electron chi connectivity index (χ0n) is 8.76. The number of benzene rings is 2. The molecule has 2 aromatic carbocycles. The van der Waals surface area contributed by atoms with Crippen LogP contribution >= 0.6 is 12.4 Å². The van der Waals surface area contributed by atoms with E-state index in [0.717, 1.165) is 16.3 Å². The van der Waals surface area contributed by atoms with Gasteiger partial charge in [-0.1, -0.05) is 24.3 Å². The third-order valence-corrected chi connectivity index (χ3v) is 2.49. The molecule has 0 unspecified atom stereocenters. The van der Waals surface area contributed by atoms with Gasteiger partial charge in [-0.05, 0) is 34.5 Å². The average molecular weight is 236 g/mol. The van der Waals surface area contributed by atoms with Crippen molar-refractivity contribution in [3.8, 4) is 5.75 Å². The molecule has 0 spiro atoms. The number of halogens is 1. The zero-order chi connectivity index (χ0) is 10.8. The van der Waals surface area contributed by atoms with Gasteiger partial charge in [0.1, 0.15) is 5.75 Å². The Kier molecular flexibility index (Phi) is 3.93. The summed E-state index contributed by atoms with van der Waals surface area (Å²) in [6.45, 7) is 3.67. The Labute approximate surface area is 101 Å². The number of aromatic hydroxyl groups is 1. The van der Waals surface area contributed by atoms with E-state index in [1.165, 1.54) is 0 Å². The number of rotatable bonds is 2. The van der Waals surface area contributed by atoms with Crippen molar-refractivity contribution in [2.75, 3.05) is 0 Å². The Morgan fingerprint density at radius 2 is 1.75 bits per heavy atom. The van der Waals surface area contributed by atoms with Gasteiger partial charge >= 0.3 is 0 Å². The predicted octanol–water partition coefficient (Wildman–Crippen LogP) is 3.15. The van der Waals surface area contributed by atoms with E-state index in [0.29, 0.717) is 0 Å². The first kappa shape index (κ1) is 12.6. The molecule has 3 N–H and O–H groups in total. The van der Waals surface area contributed by atoms with Crippen LogP contribution in [-0.4, -0.2) is 5.11 Å². The van der Waals surface area contributed by atoms with Crippen LogP contribution in [0.5, 0.6) is 5.75 Å². The molecule has 16 heavy (non-hydrogen) atoms. The molecule has 0 saturated heterocycles. The minimum absolute atomic E-state index is 0. The van der Waals surface area contributed by atoms with Crippen LogP contribution in [0.25, 0.3) is 10.8 Å². The number of phenols is 1. The largest absolute Gasteiger partial charge is 0.508 e. The molecular formula is C13H14ClNO. The van der Waals surface area contributed by atoms with E-state index in [1.54, 1.807) is 18.2 Å². The molecule has 0 aliphatic rings. The summed E-state index contributed by atoms with van der Waals surface area (Å²) in [6.07, 6.45) is 1.71. The van der Waals surface area contributed by atoms with Crippen molar-refractivity contribution >= 4 is 23.2 Å². The lowest BCUT2D eigenvalue weighted by Crippen LogP contribution is -2.05. The summed E-state index contributed by atoms with van der Waals surface area (Å²) in [5.74, 6) is 0.281. The molecule has 0 bridgehead atoms. The standard InChI is InChI=1S/C13H13NO.ClH/c1-2-13(14)11-4-3-10-8-12(15)6-5-9(10)7-11;/h2-8,13,15H,1,14H2;1H/t13-;/m1./s1. The lowest BCUT2D eigenvalue weighted by molar-refractivity contribution is 0.476. The smallest absolute Gasteiger partial charge is 0.116 e. The van der Waals surface area contributed by atoms with Gasteiger partial charge in [-0.2, -0.15) is 0 Å². The second kappa shape index (κ2) is 5.01. The Hall–Kier alpha value is -1.51. The molecule has 0 fully saturated rings. The highest BCUT2D eigenvalue weighted by molar-refractivity contribution is 5.85. The Bertz CT molecular complexity index is 510. The van der Waals surface area contributed by atoms with Gasteiger partial charge in [0.05, 0.1) is 0 Å². The van der Waals surface area contributed by atoms with Crippen molar-refractivity contribution < 1.29 is 5.11 Å². The highest BCUT2D eigenvalue weighted by Gasteiger charge is 2.02. The fourth-order valence-corrected chi connectivity index (χ4v) is 1.60. The molecule has 0 amide bonds. The van der Waals surface area contributed by atoms with E-state index < -0.39 is 0 Å². The van der Waals surface area contributed by atoms with Crippen LogP contribution in [0.4, 0.5) is 0 Å². The highest BCUT2D eigenvalue weighted by atomic mass is 35.5. The van der Waals surface area contributed by atoms with Crippen molar-refractivity contribution in [1.82, 2.24) is 0 Å². The van der Waals surface area contributed by atoms with Crippen LogP contribution in [0.1, 0.15) is 11.6 Å². The monoisotopic (exact) mass is 235 g/mol. The fourth-order valence-electron chi connectivity index (χ4n) is 1.60. The normalized spacial score (nSPS) is 11.8. The molecule has 1 atom stereocenters. The molecule has 0 saturated carbocycles. The summed E-state index contributed by atoms with van der Waals surface area (Å²) in [5, 5.41) is 11.4. The van der Waals surface area contributed by atoms with Gasteiger partial charge in [0.15, 0.2) is 0 Å². The van der Waals surface area contributed by atoms with E-state index in [1.807, 2.05) is 24.3 Å². The lowest BCUT2D eigenvalue weighted by Gasteiger charge is -2.07. The van der Waals surface area contributed by atoms with Crippen LogP contribution < -0.4 is 5.73 Å². The van der Waals surface area contributed by atoms with E-state index >= 15 is 0 Å². The number of hydrogen-bond donors (Lipinski definition) is 2. The maximum Gasteiger partial charge on any atom is 0.116 e. The van der Waals surface area contributed by atoms with E-state index in [-0.39, 0.29) is 24.2 Å². The second-order valence-electron chi connectivity index (χ2n) is 3.55. The first-order valence-electron chi connectivity index (χ1n) is 4.81. The molecule has 3 heteroatoms. The number of fused-ring (bicyclic) bond motifs is 1. The van der Waals surface area contributed by atoms with Gasteiger partial charge in [0.25, 0.3) is 0 Å². The Morgan fingerprint density at radius 3 is 2.44 bits per heavy atom. The van der Waals surface area contributed by atoms with Crippen LogP contribution in [0.2, 0.25) is 0 Å². The quantitative estimate of drug-likeness (QED) is 0.786. The van der Waals surface area contributed by atoms with E-state index in [4.69, 9.17) is 5.73 Å². The lowest BCUT2D eigenvalue weighted by atomic mass is 10.0. The van der Waals surface area contributed by atoms with E-state index in [2.05, 4.69) is 6.58 Å². The molecule has 0 aromatic heterocycles. The fraction of sp³-hybridized carbons (Fsp3) is 0.0769. The minimum Gasteiger partial charge on any atom is -0.508 e. The Morgan fingerprint density at radius 1 is 1.12 bits per heavy atom. The topological polar surface area (TPSA) is 46.2 Å². The second-order valence-corrected chi connectivity index (χ2v) is 3.55. The molecule has 0 aliphatic heterocycles. The molecule has 84 valence electrons. The summed E-state index contributed by atoms with van der Waals surface area (Å²) in [7, 11) is 0. The summed E-state index contributed by atoms with van der Waals surface area (Å²) in [5.41, 5.74) is 6.88. The van der Waals surface area contributed by atoms with Crippen LogP contribution in [-0.2, 0) is 0 Å². The summed E-state index contributed by atoms with van der Waals surface area (Å²) in [4.78, 5) is 0. The third-order valence-electron chi connectivity index (χ3n) is 2.49. The molecule has 2 aromatic rings. The van der Waals surface area contributed by atoms with Gasteiger partial charge in [-0.3, -0.25) is 0 Å². The predicted molar refractivity (Wildman–Crippen MR) is 70.0 cm³/mol. The maximum absolute atomic E-state index is 9.31. The first-order valence-corrected chi connectivity index (χ1v) is 4.81. The molecule has 2 rings (SSSR count). The van der Waals surface area contributed by atoms with Gasteiger partial charge in [-0.25, -0.2) is 0 Å². The summed E-state index contributed by atoms with van der Waals surface area (Å²) in [6, 6.07) is 11.1. The summed E-state index contributed by atoms with van der Waals surface area (Å²) < 4.78 is 0. The number of hydrogen-bond acceptors (Lipinski definition) is 2. The van der Waals surface area contributed by atoms with Crippen LogP contribution in [0.3, 0.4) is 0 Å². The van der Waals surface area contributed by atoms with Gasteiger partial charge in [0, 0.05) is 6.04 Å². The molecule has 0 heterocycles. The Balaban J connectivity index is 0.00000128. The maximum atomic E-state index is 9.31. The summed E-state index contributed by atoms with van der Waals surface area (Å²) >= 11 is 0. The number of nitrogens with two attached hydrogens (primary N) is 1. The van der Waals surface area contributed by atoms with Crippen LogP contribution in [0.15, 0.2) is 49.1 Å². The highest BCUT2D eigenvalue weighted by Crippen LogP contribution is 2.23. The first-order chi connectivity index (χ1) is 7.20. The van der Waals surface area contributed by atoms with Crippen molar-refractivity contribution in [1.29, 1.82) is 0 Å². The van der Waals surface area contributed by atoms with Crippen molar-refractivity contribution in [3.63, 3.8) is 0 Å². The van der Waals surface area contributed by atoms with Crippen LogP contribution in [0, 0.1) is 0 Å². The SMILES string of the molecule is C=C[C@@H](N)c1ccc2cc(O)ccc2c1.Cl. The molecule has 2 nitrogen and oxygen atoms in total. The third kappa shape index (κ3) is 2.35. The van der Waals surface area contributed by atoms with Crippen molar-refractivity contribution in [2.24, 2.45) is 5.73 Å². The van der Waals surface area contributed by atoms with Gasteiger partial charge in [0.2, 0.25) is 0 Å². The van der Waals surface area contributed by atoms with E-state index in [9.17, 15) is 5.11 Å².